The van der Waals surface area contributed by atoms with Gasteiger partial charge in [-0.05, 0) is 23.2 Å². The van der Waals surface area contributed by atoms with Crippen LogP contribution >= 0.6 is 23.2 Å². The molecule has 0 saturated heterocycles. The summed E-state index contributed by atoms with van der Waals surface area (Å²) in [6.07, 6.45) is 0. The second-order valence-corrected chi connectivity index (χ2v) is 4.29. The second kappa shape index (κ2) is 4.02. The Bertz CT molecular complexity index is 562. The van der Waals surface area contributed by atoms with Gasteiger partial charge >= 0.3 is 0 Å². The third kappa shape index (κ3) is 1.96. The van der Waals surface area contributed by atoms with Crippen molar-refractivity contribution < 1.29 is 8.76 Å². The van der Waals surface area contributed by atoms with Crippen LogP contribution < -0.4 is 0 Å². The van der Waals surface area contributed by atoms with E-state index < -0.39 is 11.1 Å². The highest BCUT2D eigenvalue weighted by atomic mass is 35.5. The van der Waals surface area contributed by atoms with Crippen LogP contribution in [0.2, 0.25) is 10.3 Å². The van der Waals surface area contributed by atoms with Gasteiger partial charge in [-0.15, -0.1) is 0 Å². The van der Waals surface area contributed by atoms with Gasteiger partial charge in [0.25, 0.3) is 0 Å². The van der Waals surface area contributed by atoms with Crippen LogP contribution in [0.3, 0.4) is 0 Å². The first kappa shape index (κ1) is 10.8. The number of fused-ring (bicyclic) bond motifs is 1. The Kier molecular flexibility index (Phi) is 2.88. The van der Waals surface area contributed by atoms with E-state index in [1.165, 1.54) is 6.07 Å². The van der Waals surface area contributed by atoms with Gasteiger partial charge in [0.15, 0.2) is 10.3 Å². The first-order chi connectivity index (χ1) is 7.09. The van der Waals surface area contributed by atoms with Gasteiger partial charge in [0.05, 0.1) is 10.4 Å². The fourth-order valence-corrected chi connectivity index (χ4v) is 1.90. The zero-order valence-corrected chi connectivity index (χ0v) is 9.44. The van der Waals surface area contributed by atoms with E-state index in [0.717, 1.165) is 0 Å². The van der Waals surface area contributed by atoms with Crippen LogP contribution in [0.4, 0.5) is 0 Å². The number of rotatable bonds is 1. The molecule has 1 unspecified atom stereocenters. The van der Waals surface area contributed by atoms with E-state index in [0.29, 0.717) is 5.52 Å². The number of nitrogens with zero attached hydrogens (tertiary/aromatic N) is 2. The maximum atomic E-state index is 10.9. The molecule has 78 valence electrons. The van der Waals surface area contributed by atoms with E-state index in [2.05, 4.69) is 9.97 Å². The number of aromatic nitrogens is 2. The van der Waals surface area contributed by atoms with Gasteiger partial charge in [-0.1, -0.05) is 29.3 Å². The third-order valence-electron chi connectivity index (χ3n) is 1.76. The highest BCUT2D eigenvalue weighted by Gasteiger charge is 2.08. The van der Waals surface area contributed by atoms with Gasteiger partial charge in [-0.2, -0.15) is 0 Å². The van der Waals surface area contributed by atoms with E-state index in [1.807, 2.05) is 0 Å². The average Bonchev–Trinajstić information content (AvgIpc) is 2.18. The van der Waals surface area contributed by atoms with Crippen molar-refractivity contribution in [1.29, 1.82) is 0 Å². The van der Waals surface area contributed by atoms with E-state index in [9.17, 15) is 8.76 Å². The number of hydrogen-bond donors (Lipinski definition) is 0. The molecule has 0 bridgehead atoms. The highest BCUT2D eigenvalue weighted by molar-refractivity contribution is 7.79. The van der Waals surface area contributed by atoms with Crippen molar-refractivity contribution >= 4 is 45.3 Å². The van der Waals surface area contributed by atoms with Crippen LogP contribution in [0.15, 0.2) is 23.1 Å². The minimum atomic E-state index is -2.37. The van der Waals surface area contributed by atoms with Crippen LogP contribution in [0.1, 0.15) is 0 Å². The Morgan fingerprint density at radius 2 is 1.87 bits per heavy atom. The molecule has 0 saturated carbocycles. The van der Waals surface area contributed by atoms with Gasteiger partial charge in [0.1, 0.15) is 5.52 Å². The van der Waals surface area contributed by atoms with Crippen molar-refractivity contribution in [3.63, 3.8) is 0 Å². The minimum Gasteiger partial charge on any atom is -0.768 e. The third-order valence-corrected chi connectivity index (χ3v) is 3.07. The lowest BCUT2D eigenvalue weighted by atomic mass is 10.3. The van der Waals surface area contributed by atoms with Gasteiger partial charge in [-0.3, -0.25) is 4.21 Å². The Morgan fingerprint density at radius 1 is 1.20 bits per heavy atom. The lowest BCUT2D eigenvalue weighted by Gasteiger charge is -2.08. The molecular weight excluding hydrogens is 259 g/mol. The van der Waals surface area contributed by atoms with Gasteiger partial charge < -0.3 is 4.55 Å². The predicted molar refractivity (Wildman–Crippen MR) is 56.7 cm³/mol. The average molecular weight is 262 g/mol. The summed E-state index contributed by atoms with van der Waals surface area (Å²) in [5, 5.41) is 0.0417. The summed E-state index contributed by atoms with van der Waals surface area (Å²) >= 11 is 8.95. The molecule has 0 N–H and O–H groups in total. The minimum absolute atomic E-state index is 0.0120. The molecule has 1 aromatic carbocycles. The smallest absolute Gasteiger partial charge is 0.167 e. The van der Waals surface area contributed by atoms with E-state index in [4.69, 9.17) is 23.2 Å². The monoisotopic (exact) mass is 261 g/mol. The predicted octanol–water partition coefficient (Wildman–Crippen LogP) is 2.17. The van der Waals surface area contributed by atoms with E-state index in [1.54, 1.807) is 12.1 Å². The molecule has 2 aromatic rings. The molecule has 0 aliphatic carbocycles. The summed E-state index contributed by atoms with van der Waals surface area (Å²) in [5.74, 6) is 0. The standard InChI is InChI=1S/C8H4Cl2N2O2S/c9-7-8(10)12-6-4(11-7)2-1-3-5(6)15(13)14/h1-3H,(H,13,14)/p-1. The molecule has 4 nitrogen and oxygen atoms in total. The molecular formula is C8H3Cl2N2O2S-. The summed E-state index contributed by atoms with van der Waals surface area (Å²) in [6.45, 7) is 0. The SMILES string of the molecule is O=S([O-])c1cccc2nc(Cl)c(Cl)nc12. The zero-order chi connectivity index (χ0) is 11.0. The molecule has 2 rings (SSSR count). The van der Waals surface area contributed by atoms with E-state index >= 15 is 0 Å². The summed E-state index contributed by atoms with van der Waals surface area (Å²) in [5.41, 5.74) is 0.617. The molecule has 1 aromatic heterocycles. The second-order valence-electron chi connectivity index (χ2n) is 2.66. The molecule has 0 amide bonds. The van der Waals surface area contributed by atoms with Crippen LogP contribution in [0.25, 0.3) is 11.0 Å². The fourth-order valence-electron chi connectivity index (χ4n) is 1.14. The molecule has 1 atom stereocenters. The topological polar surface area (TPSA) is 65.9 Å². The first-order valence-electron chi connectivity index (χ1n) is 3.80. The normalized spacial score (nSPS) is 13.0. The number of benzene rings is 1. The fraction of sp³-hybridized carbons (Fsp3) is 0. The van der Waals surface area contributed by atoms with Crippen molar-refractivity contribution in [2.75, 3.05) is 0 Å². The van der Waals surface area contributed by atoms with Crippen molar-refractivity contribution in [3.05, 3.63) is 28.5 Å². The molecule has 0 aliphatic heterocycles. The quantitative estimate of drug-likeness (QED) is 0.739. The van der Waals surface area contributed by atoms with Crippen molar-refractivity contribution in [3.8, 4) is 0 Å². The molecule has 1 heterocycles. The molecule has 0 fully saturated rings. The maximum absolute atomic E-state index is 10.9. The first-order valence-corrected chi connectivity index (χ1v) is 5.63. The Labute approximate surface area is 97.5 Å². The molecule has 15 heavy (non-hydrogen) atoms. The van der Waals surface area contributed by atoms with Crippen molar-refractivity contribution in [2.45, 2.75) is 4.90 Å². The Morgan fingerprint density at radius 3 is 2.53 bits per heavy atom. The van der Waals surface area contributed by atoms with Crippen molar-refractivity contribution in [2.24, 2.45) is 0 Å². The van der Waals surface area contributed by atoms with Crippen LogP contribution in [0, 0.1) is 0 Å². The van der Waals surface area contributed by atoms with Crippen molar-refractivity contribution in [1.82, 2.24) is 9.97 Å². The van der Waals surface area contributed by atoms with Crippen LogP contribution in [0.5, 0.6) is 0 Å². The summed E-state index contributed by atoms with van der Waals surface area (Å²) in [7, 11) is 0. The lowest BCUT2D eigenvalue weighted by molar-refractivity contribution is 0.538. The lowest BCUT2D eigenvalue weighted by Crippen LogP contribution is -1.95. The van der Waals surface area contributed by atoms with Gasteiger partial charge in [0, 0.05) is 0 Å². The maximum Gasteiger partial charge on any atom is 0.167 e. The molecule has 0 radical (unpaired) electrons. The number of para-hydroxylation sites is 1. The summed E-state index contributed by atoms with van der Waals surface area (Å²) < 4.78 is 21.7. The summed E-state index contributed by atoms with van der Waals surface area (Å²) in [6, 6.07) is 4.59. The largest absolute Gasteiger partial charge is 0.768 e. The summed E-state index contributed by atoms with van der Waals surface area (Å²) in [4.78, 5) is 7.84. The number of hydrogen-bond acceptors (Lipinski definition) is 4. The Hall–Kier alpha value is -0.750. The van der Waals surface area contributed by atoms with E-state index in [-0.39, 0.29) is 20.7 Å². The Balaban J connectivity index is 2.86. The molecule has 0 aliphatic rings. The van der Waals surface area contributed by atoms with Crippen LogP contribution in [-0.2, 0) is 11.1 Å². The molecule has 0 spiro atoms. The zero-order valence-electron chi connectivity index (χ0n) is 7.11. The molecule has 7 heteroatoms. The van der Waals surface area contributed by atoms with Gasteiger partial charge in [0.2, 0.25) is 0 Å². The van der Waals surface area contributed by atoms with Gasteiger partial charge in [-0.25, -0.2) is 9.97 Å². The highest BCUT2D eigenvalue weighted by Crippen LogP contribution is 2.24. The van der Waals surface area contributed by atoms with Crippen LogP contribution in [-0.4, -0.2) is 18.7 Å². The number of halogens is 2.